The number of likely N-dealkylation sites (tertiary alicyclic amines) is 1. The lowest BCUT2D eigenvalue weighted by Gasteiger charge is -2.22. The zero-order valence-electron chi connectivity index (χ0n) is 7.75. The second-order valence-electron chi connectivity index (χ2n) is 3.83. The van der Waals surface area contributed by atoms with Gasteiger partial charge >= 0.3 is 0 Å². The van der Waals surface area contributed by atoms with E-state index in [1.165, 1.54) is 19.4 Å². The monoisotopic (exact) mass is 170 g/mol. The van der Waals surface area contributed by atoms with E-state index in [2.05, 4.69) is 17.3 Å². The van der Waals surface area contributed by atoms with Crippen molar-refractivity contribution >= 4 is 0 Å². The van der Waals surface area contributed by atoms with Crippen molar-refractivity contribution in [2.45, 2.75) is 31.5 Å². The highest BCUT2D eigenvalue weighted by Crippen LogP contribution is 2.20. The van der Waals surface area contributed by atoms with Crippen LogP contribution in [0, 0.1) is 0 Å². The van der Waals surface area contributed by atoms with Crippen LogP contribution in [-0.4, -0.2) is 43.9 Å². The molecular weight excluding hydrogens is 152 g/mol. The predicted molar refractivity (Wildman–Crippen MR) is 48.0 cm³/mol. The summed E-state index contributed by atoms with van der Waals surface area (Å²) >= 11 is 0. The van der Waals surface area contributed by atoms with Gasteiger partial charge < -0.3 is 9.64 Å². The molecule has 0 aliphatic carbocycles. The van der Waals surface area contributed by atoms with Crippen molar-refractivity contribution < 1.29 is 4.74 Å². The minimum Gasteiger partial charge on any atom is -0.362 e. The Bertz CT molecular complexity index is 145. The van der Waals surface area contributed by atoms with E-state index in [1.807, 2.05) is 0 Å². The zero-order chi connectivity index (χ0) is 8.39. The molecule has 0 aromatic carbocycles. The fraction of sp³-hybridized carbons (Fsp3) is 1.00. The molecule has 2 saturated heterocycles. The van der Waals surface area contributed by atoms with E-state index < -0.39 is 0 Å². The molecule has 2 atom stereocenters. The van der Waals surface area contributed by atoms with Crippen LogP contribution < -0.4 is 5.32 Å². The highest BCUT2D eigenvalue weighted by atomic mass is 16.5. The van der Waals surface area contributed by atoms with Crippen molar-refractivity contribution in [3.63, 3.8) is 0 Å². The van der Waals surface area contributed by atoms with Gasteiger partial charge in [0, 0.05) is 19.0 Å². The van der Waals surface area contributed by atoms with E-state index in [4.69, 9.17) is 4.74 Å². The van der Waals surface area contributed by atoms with Crippen LogP contribution in [0.1, 0.15) is 19.3 Å². The van der Waals surface area contributed by atoms with Crippen LogP contribution in [0.4, 0.5) is 0 Å². The second-order valence-corrected chi connectivity index (χ2v) is 3.83. The molecule has 2 fully saturated rings. The molecule has 0 aromatic rings. The Morgan fingerprint density at radius 2 is 2.50 bits per heavy atom. The molecule has 0 spiro atoms. The molecule has 3 heteroatoms. The molecule has 2 rings (SSSR count). The molecule has 1 N–H and O–H groups in total. The average Bonchev–Trinajstić information content (AvgIpc) is 2.65. The van der Waals surface area contributed by atoms with Gasteiger partial charge in [-0.3, -0.25) is 5.32 Å². The standard InChI is InChI=1S/C9H18N2O/c1-11-5-2-3-8(11)7-9-10-4-6-12-9/h8-10H,2-7H2,1H3. The second kappa shape index (κ2) is 3.73. The van der Waals surface area contributed by atoms with Gasteiger partial charge in [-0.05, 0) is 26.4 Å². The minimum atomic E-state index is 0.329. The number of rotatable bonds is 2. The van der Waals surface area contributed by atoms with Crippen LogP contribution in [0.2, 0.25) is 0 Å². The molecule has 70 valence electrons. The number of ether oxygens (including phenoxy) is 1. The van der Waals surface area contributed by atoms with Crippen LogP contribution >= 0.6 is 0 Å². The molecule has 0 amide bonds. The van der Waals surface area contributed by atoms with Gasteiger partial charge in [0.25, 0.3) is 0 Å². The Morgan fingerprint density at radius 1 is 1.58 bits per heavy atom. The summed E-state index contributed by atoms with van der Waals surface area (Å²) in [5.41, 5.74) is 0. The average molecular weight is 170 g/mol. The molecule has 2 aliphatic heterocycles. The molecule has 3 nitrogen and oxygen atoms in total. The van der Waals surface area contributed by atoms with E-state index in [0.29, 0.717) is 6.23 Å². The maximum atomic E-state index is 5.53. The maximum absolute atomic E-state index is 5.53. The normalized spacial score (nSPS) is 37.8. The van der Waals surface area contributed by atoms with Crippen LogP contribution in [-0.2, 0) is 4.74 Å². The molecule has 0 bridgehead atoms. The SMILES string of the molecule is CN1CCCC1CC1NCCO1. The molecule has 0 aromatic heterocycles. The van der Waals surface area contributed by atoms with E-state index >= 15 is 0 Å². The van der Waals surface area contributed by atoms with Crippen molar-refractivity contribution in [2.75, 3.05) is 26.7 Å². The predicted octanol–water partition coefficient (Wildman–Crippen LogP) is 0.417. The lowest BCUT2D eigenvalue weighted by Crippen LogP contribution is -2.33. The Morgan fingerprint density at radius 3 is 3.08 bits per heavy atom. The lowest BCUT2D eigenvalue weighted by molar-refractivity contribution is 0.0738. The first-order chi connectivity index (χ1) is 5.86. The van der Waals surface area contributed by atoms with Crippen molar-refractivity contribution in [1.29, 1.82) is 0 Å². The van der Waals surface area contributed by atoms with E-state index in [9.17, 15) is 0 Å². The third-order valence-electron chi connectivity index (χ3n) is 2.95. The van der Waals surface area contributed by atoms with Gasteiger partial charge in [0.1, 0.15) is 6.23 Å². The van der Waals surface area contributed by atoms with E-state index in [0.717, 1.165) is 25.6 Å². The number of hydrogen-bond acceptors (Lipinski definition) is 3. The minimum absolute atomic E-state index is 0.329. The molecule has 12 heavy (non-hydrogen) atoms. The summed E-state index contributed by atoms with van der Waals surface area (Å²) in [5, 5.41) is 3.36. The van der Waals surface area contributed by atoms with Gasteiger partial charge in [0.15, 0.2) is 0 Å². The quantitative estimate of drug-likeness (QED) is 0.650. The Kier molecular flexibility index (Phi) is 2.63. The van der Waals surface area contributed by atoms with Crippen LogP contribution in [0.3, 0.4) is 0 Å². The van der Waals surface area contributed by atoms with Crippen LogP contribution in [0.5, 0.6) is 0 Å². The van der Waals surface area contributed by atoms with Gasteiger partial charge in [0.05, 0.1) is 6.61 Å². The van der Waals surface area contributed by atoms with Crippen LogP contribution in [0.25, 0.3) is 0 Å². The van der Waals surface area contributed by atoms with Gasteiger partial charge in [0.2, 0.25) is 0 Å². The van der Waals surface area contributed by atoms with Crippen molar-refractivity contribution in [1.82, 2.24) is 10.2 Å². The lowest BCUT2D eigenvalue weighted by atomic mass is 10.1. The summed E-state index contributed by atoms with van der Waals surface area (Å²) in [6, 6.07) is 0.751. The first kappa shape index (κ1) is 8.48. The smallest absolute Gasteiger partial charge is 0.109 e. The highest BCUT2D eigenvalue weighted by molar-refractivity contribution is 4.80. The third kappa shape index (κ3) is 1.79. The first-order valence-electron chi connectivity index (χ1n) is 4.91. The summed E-state index contributed by atoms with van der Waals surface area (Å²) in [6.45, 7) is 3.18. The van der Waals surface area contributed by atoms with Gasteiger partial charge in [-0.2, -0.15) is 0 Å². The fourth-order valence-electron chi connectivity index (χ4n) is 2.16. The van der Waals surface area contributed by atoms with Gasteiger partial charge in [-0.25, -0.2) is 0 Å². The summed E-state index contributed by atoms with van der Waals surface area (Å²) in [5.74, 6) is 0. The van der Waals surface area contributed by atoms with E-state index in [-0.39, 0.29) is 0 Å². The highest BCUT2D eigenvalue weighted by Gasteiger charge is 2.26. The number of hydrogen-bond donors (Lipinski definition) is 1. The van der Waals surface area contributed by atoms with E-state index in [1.54, 1.807) is 0 Å². The molecule has 0 saturated carbocycles. The van der Waals surface area contributed by atoms with Crippen LogP contribution in [0.15, 0.2) is 0 Å². The Labute approximate surface area is 74.1 Å². The number of nitrogens with zero attached hydrogens (tertiary/aromatic N) is 1. The summed E-state index contributed by atoms with van der Waals surface area (Å²) in [4.78, 5) is 2.45. The Hall–Kier alpha value is -0.120. The molecule has 2 heterocycles. The zero-order valence-corrected chi connectivity index (χ0v) is 7.75. The molecule has 2 unspecified atom stereocenters. The van der Waals surface area contributed by atoms with Crippen molar-refractivity contribution in [2.24, 2.45) is 0 Å². The van der Waals surface area contributed by atoms with Crippen molar-refractivity contribution in [3.05, 3.63) is 0 Å². The summed E-state index contributed by atoms with van der Waals surface area (Å²) in [6.07, 6.45) is 4.19. The van der Waals surface area contributed by atoms with Gasteiger partial charge in [-0.15, -0.1) is 0 Å². The first-order valence-corrected chi connectivity index (χ1v) is 4.91. The summed E-state index contributed by atoms with van der Waals surface area (Å²) in [7, 11) is 2.21. The van der Waals surface area contributed by atoms with Crippen molar-refractivity contribution in [3.8, 4) is 0 Å². The summed E-state index contributed by atoms with van der Waals surface area (Å²) < 4.78 is 5.53. The Balaban J connectivity index is 1.77. The van der Waals surface area contributed by atoms with Gasteiger partial charge in [-0.1, -0.05) is 0 Å². The number of nitrogens with one attached hydrogen (secondary N) is 1. The fourth-order valence-corrected chi connectivity index (χ4v) is 2.16. The molecule has 0 radical (unpaired) electrons. The largest absolute Gasteiger partial charge is 0.362 e. The third-order valence-corrected chi connectivity index (χ3v) is 2.95. The topological polar surface area (TPSA) is 24.5 Å². The maximum Gasteiger partial charge on any atom is 0.109 e. The molecule has 2 aliphatic rings. The molecular formula is C9H18N2O.